The van der Waals surface area contributed by atoms with E-state index in [9.17, 15) is 4.79 Å². The first-order chi connectivity index (χ1) is 7.18. The summed E-state index contributed by atoms with van der Waals surface area (Å²) in [5.74, 6) is 0.420. The Balaban J connectivity index is 1.83. The fourth-order valence-electron chi connectivity index (χ4n) is 2.17. The van der Waals surface area contributed by atoms with E-state index in [2.05, 4.69) is 0 Å². The summed E-state index contributed by atoms with van der Waals surface area (Å²) in [5, 5.41) is 0. The minimum atomic E-state index is 0.0583. The standard InChI is InChI=1S/C10H19N3O2/c1-12-3-4-13(10(12)14)6-9(11)8-2-5-15-7-8/h8-9H,2-7,11H2,1H3. The molecule has 0 aromatic carbocycles. The molecule has 2 unspecified atom stereocenters. The lowest BCUT2D eigenvalue weighted by atomic mass is 10.00. The molecule has 2 fully saturated rings. The van der Waals surface area contributed by atoms with Gasteiger partial charge in [0.2, 0.25) is 0 Å². The average molecular weight is 213 g/mol. The molecule has 0 saturated carbocycles. The fraction of sp³-hybridized carbons (Fsp3) is 0.900. The van der Waals surface area contributed by atoms with Crippen molar-refractivity contribution in [2.75, 3.05) is 39.9 Å². The van der Waals surface area contributed by atoms with Gasteiger partial charge in [0.25, 0.3) is 0 Å². The van der Waals surface area contributed by atoms with E-state index in [1.165, 1.54) is 0 Å². The van der Waals surface area contributed by atoms with Gasteiger partial charge in [-0.3, -0.25) is 0 Å². The maximum absolute atomic E-state index is 11.6. The number of likely N-dealkylation sites (N-methyl/N-ethyl adjacent to an activating group) is 1. The first kappa shape index (κ1) is 10.7. The third-order valence-electron chi connectivity index (χ3n) is 3.30. The van der Waals surface area contributed by atoms with Crippen LogP contribution in [0.3, 0.4) is 0 Å². The minimum Gasteiger partial charge on any atom is -0.381 e. The minimum absolute atomic E-state index is 0.0583. The number of ether oxygens (including phenoxy) is 1. The molecule has 2 heterocycles. The Hall–Kier alpha value is -0.810. The Morgan fingerprint density at radius 3 is 2.93 bits per heavy atom. The summed E-state index contributed by atoms with van der Waals surface area (Å²) in [5.41, 5.74) is 6.07. The molecule has 2 saturated heterocycles. The Morgan fingerprint density at radius 1 is 1.60 bits per heavy atom. The number of rotatable bonds is 3. The van der Waals surface area contributed by atoms with Crippen molar-refractivity contribution in [2.24, 2.45) is 11.7 Å². The maximum atomic E-state index is 11.6. The molecule has 0 bridgehead atoms. The van der Waals surface area contributed by atoms with Crippen LogP contribution in [0.4, 0.5) is 4.79 Å². The number of nitrogens with zero attached hydrogens (tertiary/aromatic N) is 2. The van der Waals surface area contributed by atoms with Crippen LogP contribution < -0.4 is 5.73 Å². The molecule has 2 atom stereocenters. The Labute approximate surface area is 90.1 Å². The number of carbonyl (C=O) groups is 1. The molecular formula is C10H19N3O2. The highest BCUT2D eigenvalue weighted by atomic mass is 16.5. The van der Waals surface area contributed by atoms with Gasteiger partial charge in [-0.15, -0.1) is 0 Å². The van der Waals surface area contributed by atoms with E-state index in [1.807, 2.05) is 11.9 Å². The van der Waals surface area contributed by atoms with Crippen LogP contribution in [0.1, 0.15) is 6.42 Å². The quantitative estimate of drug-likeness (QED) is 0.701. The van der Waals surface area contributed by atoms with Crippen molar-refractivity contribution in [3.63, 3.8) is 0 Å². The third kappa shape index (κ3) is 2.23. The van der Waals surface area contributed by atoms with E-state index < -0.39 is 0 Å². The van der Waals surface area contributed by atoms with Crippen molar-refractivity contribution < 1.29 is 9.53 Å². The molecule has 0 radical (unpaired) electrons. The van der Waals surface area contributed by atoms with E-state index in [4.69, 9.17) is 10.5 Å². The summed E-state index contributed by atoms with van der Waals surface area (Å²) in [7, 11) is 1.83. The van der Waals surface area contributed by atoms with Gasteiger partial charge >= 0.3 is 6.03 Å². The molecule has 5 nitrogen and oxygen atoms in total. The zero-order valence-electron chi connectivity index (χ0n) is 9.19. The molecule has 2 aliphatic heterocycles. The Morgan fingerprint density at radius 2 is 2.40 bits per heavy atom. The molecule has 2 N–H and O–H groups in total. The monoisotopic (exact) mass is 213 g/mol. The number of nitrogens with two attached hydrogens (primary N) is 1. The van der Waals surface area contributed by atoms with Crippen LogP contribution >= 0.6 is 0 Å². The van der Waals surface area contributed by atoms with E-state index in [1.54, 1.807) is 4.90 Å². The first-order valence-corrected chi connectivity index (χ1v) is 5.52. The summed E-state index contributed by atoms with van der Waals surface area (Å²) >= 11 is 0. The van der Waals surface area contributed by atoms with Crippen LogP contribution in [-0.4, -0.2) is 61.8 Å². The number of amides is 2. The van der Waals surface area contributed by atoms with E-state index in [0.29, 0.717) is 12.5 Å². The zero-order valence-corrected chi connectivity index (χ0v) is 9.19. The summed E-state index contributed by atoms with van der Waals surface area (Å²) in [6.45, 7) is 3.84. The lowest BCUT2D eigenvalue weighted by molar-refractivity contribution is 0.170. The van der Waals surface area contributed by atoms with Crippen LogP contribution in [0.5, 0.6) is 0 Å². The summed E-state index contributed by atoms with van der Waals surface area (Å²) < 4.78 is 5.30. The van der Waals surface area contributed by atoms with Crippen LogP contribution in [0.2, 0.25) is 0 Å². The Bertz CT molecular complexity index is 241. The van der Waals surface area contributed by atoms with Crippen molar-refractivity contribution in [3.8, 4) is 0 Å². The molecule has 2 amide bonds. The van der Waals surface area contributed by atoms with Crippen LogP contribution in [0.25, 0.3) is 0 Å². The summed E-state index contributed by atoms with van der Waals surface area (Å²) in [6, 6.07) is 0.160. The number of urea groups is 1. The van der Waals surface area contributed by atoms with Gasteiger partial charge in [0.1, 0.15) is 0 Å². The maximum Gasteiger partial charge on any atom is 0.319 e. The molecule has 0 aromatic heterocycles. The second-order valence-corrected chi connectivity index (χ2v) is 4.44. The molecule has 0 spiro atoms. The number of hydrogen-bond acceptors (Lipinski definition) is 3. The van der Waals surface area contributed by atoms with E-state index in [-0.39, 0.29) is 12.1 Å². The van der Waals surface area contributed by atoms with Gasteiger partial charge in [-0.25, -0.2) is 4.79 Å². The highest BCUT2D eigenvalue weighted by Gasteiger charge is 2.30. The van der Waals surface area contributed by atoms with Crippen molar-refractivity contribution >= 4 is 6.03 Å². The topological polar surface area (TPSA) is 58.8 Å². The van der Waals surface area contributed by atoms with E-state index in [0.717, 1.165) is 32.7 Å². The van der Waals surface area contributed by atoms with Gasteiger partial charge in [0.15, 0.2) is 0 Å². The number of carbonyl (C=O) groups excluding carboxylic acids is 1. The molecule has 86 valence electrons. The van der Waals surface area contributed by atoms with Crippen molar-refractivity contribution in [1.82, 2.24) is 9.80 Å². The predicted molar refractivity (Wildman–Crippen MR) is 56.5 cm³/mol. The fourth-order valence-corrected chi connectivity index (χ4v) is 2.17. The molecule has 0 aliphatic carbocycles. The molecule has 0 aromatic rings. The second-order valence-electron chi connectivity index (χ2n) is 4.44. The normalized spacial score (nSPS) is 28.9. The molecule has 2 rings (SSSR count). The second kappa shape index (κ2) is 4.37. The lowest BCUT2D eigenvalue weighted by Gasteiger charge is -2.23. The average Bonchev–Trinajstić information content (AvgIpc) is 2.83. The molecule has 5 heteroatoms. The SMILES string of the molecule is CN1CCN(CC(N)C2CCOC2)C1=O. The third-order valence-corrected chi connectivity index (χ3v) is 3.30. The summed E-state index contributed by atoms with van der Waals surface area (Å²) in [4.78, 5) is 15.2. The van der Waals surface area contributed by atoms with Crippen LogP contribution in [-0.2, 0) is 4.74 Å². The van der Waals surface area contributed by atoms with Gasteiger partial charge in [-0.2, -0.15) is 0 Å². The van der Waals surface area contributed by atoms with Gasteiger partial charge in [-0.05, 0) is 6.42 Å². The number of hydrogen-bond donors (Lipinski definition) is 1. The Kier molecular flexibility index (Phi) is 3.11. The van der Waals surface area contributed by atoms with E-state index >= 15 is 0 Å². The zero-order chi connectivity index (χ0) is 10.8. The first-order valence-electron chi connectivity index (χ1n) is 5.52. The molecule has 2 aliphatic rings. The largest absolute Gasteiger partial charge is 0.381 e. The van der Waals surface area contributed by atoms with Crippen molar-refractivity contribution in [1.29, 1.82) is 0 Å². The van der Waals surface area contributed by atoms with Crippen molar-refractivity contribution in [2.45, 2.75) is 12.5 Å². The van der Waals surface area contributed by atoms with Gasteiger partial charge < -0.3 is 20.3 Å². The van der Waals surface area contributed by atoms with Gasteiger partial charge in [-0.1, -0.05) is 0 Å². The van der Waals surface area contributed by atoms with Gasteiger partial charge in [0.05, 0.1) is 6.61 Å². The highest BCUT2D eigenvalue weighted by molar-refractivity contribution is 5.76. The summed E-state index contributed by atoms with van der Waals surface area (Å²) in [6.07, 6.45) is 1.03. The molecular weight excluding hydrogens is 194 g/mol. The van der Waals surface area contributed by atoms with Crippen LogP contribution in [0.15, 0.2) is 0 Å². The highest BCUT2D eigenvalue weighted by Crippen LogP contribution is 2.17. The van der Waals surface area contributed by atoms with Gasteiger partial charge in [0, 0.05) is 45.2 Å². The predicted octanol–water partition coefficient (Wildman–Crippen LogP) is -0.282. The lowest BCUT2D eigenvalue weighted by Crippen LogP contribution is -2.43. The van der Waals surface area contributed by atoms with Crippen LogP contribution in [0, 0.1) is 5.92 Å². The smallest absolute Gasteiger partial charge is 0.319 e. The molecule has 15 heavy (non-hydrogen) atoms. The van der Waals surface area contributed by atoms with Crippen molar-refractivity contribution in [3.05, 3.63) is 0 Å².